The summed E-state index contributed by atoms with van der Waals surface area (Å²) in [4.78, 5) is 11.7. The fraction of sp³-hybridized carbons (Fsp3) is 0.917. The van der Waals surface area contributed by atoms with Gasteiger partial charge in [0.1, 0.15) is 5.75 Å². The molecule has 0 aliphatic heterocycles. The predicted octanol–water partition coefficient (Wildman–Crippen LogP) is 0.301. The molecule has 1 amide bonds. The molecule has 5 nitrogen and oxygen atoms in total. The first kappa shape index (κ1) is 15.4. The number of nitrogens with two attached hydrogens (primary N) is 1. The second kappa shape index (κ2) is 6.52. The van der Waals surface area contributed by atoms with E-state index >= 15 is 0 Å². The van der Waals surface area contributed by atoms with Crippen LogP contribution in [0.1, 0.15) is 33.1 Å². The molecule has 3 N–H and O–H groups in total. The minimum atomic E-state index is -3.29. The highest BCUT2D eigenvalue weighted by Gasteiger charge is 2.28. The van der Waals surface area contributed by atoms with E-state index in [1.54, 1.807) is 0 Å². The molecule has 1 rings (SSSR count). The Morgan fingerprint density at radius 1 is 1.39 bits per heavy atom. The molecule has 1 aliphatic carbocycles. The molecular weight excluding hydrogens is 252 g/mol. The average molecular weight is 276 g/mol. The van der Waals surface area contributed by atoms with Crippen LogP contribution in [0.4, 0.5) is 0 Å². The summed E-state index contributed by atoms with van der Waals surface area (Å²) in [6, 6.07) is 0.0525. The Morgan fingerprint density at radius 3 is 2.61 bits per heavy atom. The molecule has 0 bridgehead atoms. The van der Waals surface area contributed by atoms with Crippen LogP contribution in [-0.4, -0.2) is 38.4 Å². The van der Waals surface area contributed by atoms with Crippen molar-refractivity contribution in [1.82, 2.24) is 5.32 Å². The van der Waals surface area contributed by atoms with Gasteiger partial charge < -0.3 is 11.1 Å². The molecule has 1 aliphatic rings. The second-order valence-corrected chi connectivity index (χ2v) is 7.66. The predicted molar refractivity (Wildman–Crippen MR) is 71.8 cm³/mol. The van der Waals surface area contributed by atoms with E-state index in [9.17, 15) is 13.2 Å². The number of sulfone groups is 1. The van der Waals surface area contributed by atoms with Gasteiger partial charge in [0.2, 0.25) is 5.91 Å². The van der Waals surface area contributed by atoms with E-state index in [4.69, 9.17) is 5.73 Å². The van der Waals surface area contributed by atoms with E-state index in [-0.39, 0.29) is 23.6 Å². The van der Waals surface area contributed by atoms with Crippen molar-refractivity contribution in [3.05, 3.63) is 0 Å². The van der Waals surface area contributed by atoms with E-state index in [1.807, 2.05) is 13.8 Å². The average Bonchev–Trinajstić information content (AvgIpc) is 2.61. The van der Waals surface area contributed by atoms with Gasteiger partial charge in [0.15, 0.2) is 9.84 Å². The molecule has 106 valence electrons. The third kappa shape index (κ3) is 4.94. The Hall–Kier alpha value is -0.620. The number of carbonyl (C=O) groups excluding carboxylic acids is 1. The first-order valence-electron chi connectivity index (χ1n) is 6.54. The topological polar surface area (TPSA) is 89.3 Å². The molecule has 6 heteroatoms. The molecular formula is C12H24N2O3S. The standard InChI is InChI=1S/C12H24N2O3S/c1-9(2)7-18(16,17)8-12(15)14-11-5-3-4-10(11)6-13/h9-11H,3-8,13H2,1-2H3,(H,14,15). The Kier molecular flexibility index (Phi) is 5.59. The lowest BCUT2D eigenvalue weighted by molar-refractivity contribution is -0.119. The first-order valence-corrected chi connectivity index (χ1v) is 8.36. The molecule has 0 aromatic heterocycles. The number of hydrogen-bond donors (Lipinski definition) is 2. The zero-order chi connectivity index (χ0) is 13.8. The van der Waals surface area contributed by atoms with Gasteiger partial charge in [-0.3, -0.25) is 4.79 Å². The zero-order valence-electron chi connectivity index (χ0n) is 11.2. The summed E-state index contributed by atoms with van der Waals surface area (Å²) in [7, 11) is -3.29. The number of nitrogens with one attached hydrogen (secondary N) is 1. The lowest BCUT2D eigenvalue weighted by Crippen LogP contribution is -2.42. The van der Waals surface area contributed by atoms with Crippen molar-refractivity contribution in [2.45, 2.75) is 39.2 Å². The molecule has 0 spiro atoms. The molecule has 1 saturated carbocycles. The summed E-state index contributed by atoms with van der Waals surface area (Å²) in [5.74, 6) is -0.390. The quantitative estimate of drug-likeness (QED) is 0.730. The normalized spacial score (nSPS) is 24.4. The fourth-order valence-electron chi connectivity index (χ4n) is 2.52. The smallest absolute Gasteiger partial charge is 0.235 e. The molecule has 0 heterocycles. The van der Waals surface area contributed by atoms with E-state index < -0.39 is 15.6 Å². The molecule has 2 atom stereocenters. The van der Waals surface area contributed by atoms with Gasteiger partial charge in [-0.25, -0.2) is 8.42 Å². The summed E-state index contributed by atoms with van der Waals surface area (Å²) >= 11 is 0. The lowest BCUT2D eigenvalue weighted by atomic mass is 10.0. The van der Waals surface area contributed by atoms with Gasteiger partial charge in [-0.2, -0.15) is 0 Å². The molecule has 0 radical (unpaired) electrons. The summed E-state index contributed by atoms with van der Waals surface area (Å²) < 4.78 is 23.4. The first-order chi connectivity index (χ1) is 8.34. The Bertz CT molecular complexity index is 379. The highest BCUT2D eigenvalue weighted by Crippen LogP contribution is 2.24. The largest absolute Gasteiger partial charge is 0.352 e. The van der Waals surface area contributed by atoms with Crippen molar-refractivity contribution >= 4 is 15.7 Å². The highest BCUT2D eigenvalue weighted by atomic mass is 32.2. The maximum atomic E-state index is 11.7. The Morgan fingerprint density at radius 2 is 2.06 bits per heavy atom. The number of carbonyl (C=O) groups is 1. The van der Waals surface area contributed by atoms with Gasteiger partial charge in [0, 0.05) is 6.04 Å². The van der Waals surface area contributed by atoms with E-state index in [0.29, 0.717) is 12.5 Å². The van der Waals surface area contributed by atoms with Crippen LogP contribution in [-0.2, 0) is 14.6 Å². The molecule has 0 saturated heterocycles. The van der Waals surface area contributed by atoms with Crippen LogP contribution in [0.5, 0.6) is 0 Å². The minimum absolute atomic E-state index is 0.0473. The molecule has 1 fully saturated rings. The van der Waals surface area contributed by atoms with Crippen molar-refractivity contribution < 1.29 is 13.2 Å². The summed E-state index contributed by atoms with van der Waals surface area (Å²) in [5.41, 5.74) is 5.62. The highest BCUT2D eigenvalue weighted by molar-refractivity contribution is 7.92. The van der Waals surface area contributed by atoms with Gasteiger partial charge in [-0.15, -0.1) is 0 Å². The van der Waals surface area contributed by atoms with Crippen molar-refractivity contribution in [3.8, 4) is 0 Å². The molecule has 0 aromatic rings. The van der Waals surface area contributed by atoms with Crippen LogP contribution in [0.25, 0.3) is 0 Å². The fourth-order valence-corrected chi connectivity index (χ4v) is 4.14. The van der Waals surface area contributed by atoms with Crippen molar-refractivity contribution in [2.24, 2.45) is 17.6 Å². The van der Waals surface area contributed by atoms with Crippen molar-refractivity contribution in [2.75, 3.05) is 18.1 Å². The van der Waals surface area contributed by atoms with Crippen LogP contribution < -0.4 is 11.1 Å². The maximum Gasteiger partial charge on any atom is 0.235 e. The van der Waals surface area contributed by atoms with Crippen LogP contribution in [0.2, 0.25) is 0 Å². The summed E-state index contributed by atoms with van der Waals surface area (Å²) in [5, 5.41) is 2.81. The van der Waals surface area contributed by atoms with E-state index in [1.165, 1.54) is 0 Å². The third-order valence-electron chi connectivity index (χ3n) is 3.25. The molecule has 18 heavy (non-hydrogen) atoms. The number of rotatable bonds is 6. The van der Waals surface area contributed by atoms with Crippen LogP contribution >= 0.6 is 0 Å². The van der Waals surface area contributed by atoms with Crippen LogP contribution in [0, 0.1) is 11.8 Å². The SMILES string of the molecule is CC(C)CS(=O)(=O)CC(=O)NC1CCCC1CN. The van der Waals surface area contributed by atoms with E-state index in [2.05, 4.69) is 5.32 Å². The Balaban J connectivity index is 2.46. The van der Waals surface area contributed by atoms with Gasteiger partial charge in [-0.05, 0) is 31.2 Å². The van der Waals surface area contributed by atoms with Gasteiger partial charge in [0.25, 0.3) is 0 Å². The van der Waals surface area contributed by atoms with Gasteiger partial charge in [-0.1, -0.05) is 20.3 Å². The maximum absolute atomic E-state index is 11.7. The zero-order valence-corrected chi connectivity index (χ0v) is 12.0. The minimum Gasteiger partial charge on any atom is -0.352 e. The Labute approximate surface area is 109 Å². The van der Waals surface area contributed by atoms with Gasteiger partial charge >= 0.3 is 0 Å². The van der Waals surface area contributed by atoms with Crippen LogP contribution in [0.3, 0.4) is 0 Å². The van der Waals surface area contributed by atoms with Crippen LogP contribution in [0.15, 0.2) is 0 Å². The second-order valence-electron chi connectivity index (χ2n) is 5.55. The summed E-state index contributed by atoms with van der Waals surface area (Å²) in [6.07, 6.45) is 2.96. The van der Waals surface area contributed by atoms with Gasteiger partial charge in [0.05, 0.1) is 5.75 Å². The third-order valence-corrected chi connectivity index (χ3v) is 5.12. The van der Waals surface area contributed by atoms with Crippen molar-refractivity contribution in [1.29, 1.82) is 0 Å². The molecule has 2 unspecified atom stereocenters. The summed E-state index contributed by atoms with van der Waals surface area (Å²) in [6.45, 7) is 4.21. The van der Waals surface area contributed by atoms with Crippen molar-refractivity contribution in [3.63, 3.8) is 0 Å². The molecule has 0 aromatic carbocycles. The number of hydrogen-bond acceptors (Lipinski definition) is 4. The van der Waals surface area contributed by atoms with E-state index in [0.717, 1.165) is 19.3 Å². The lowest BCUT2D eigenvalue weighted by Gasteiger charge is -2.19. The number of amides is 1. The monoisotopic (exact) mass is 276 g/mol.